The molecule has 2 rings (SSSR count). The summed E-state index contributed by atoms with van der Waals surface area (Å²) in [4.78, 5) is 12.9. The summed E-state index contributed by atoms with van der Waals surface area (Å²) >= 11 is 0. The number of carboxylic acids is 1. The Hall–Kier alpha value is -1.55. The third kappa shape index (κ3) is 2.33. The molecule has 1 aromatic carbocycles. The van der Waals surface area contributed by atoms with E-state index in [1.807, 2.05) is 12.1 Å². The lowest BCUT2D eigenvalue weighted by Gasteiger charge is -2.32. The number of nitrogens with zero attached hydrogens (tertiary/aromatic N) is 1. The summed E-state index contributed by atoms with van der Waals surface area (Å²) in [7, 11) is 0. The quantitative estimate of drug-likeness (QED) is 0.788. The number of carbonyl (C=O) groups is 1. The summed E-state index contributed by atoms with van der Waals surface area (Å²) in [5.41, 5.74) is 7.28. The Balaban J connectivity index is 2.11. The van der Waals surface area contributed by atoms with E-state index in [1.54, 1.807) is 12.1 Å². The minimum absolute atomic E-state index is 0.230. The van der Waals surface area contributed by atoms with E-state index in [-0.39, 0.29) is 6.04 Å². The molecule has 1 fully saturated rings. The zero-order valence-corrected chi connectivity index (χ0v) is 9.10. The van der Waals surface area contributed by atoms with Crippen LogP contribution in [-0.4, -0.2) is 30.2 Å². The number of hydrogen-bond acceptors (Lipinski definition) is 3. The Morgan fingerprint density at radius 1 is 1.38 bits per heavy atom. The fraction of sp³-hybridized carbons (Fsp3) is 0.417. The van der Waals surface area contributed by atoms with Crippen molar-refractivity contribution in [1.29, 1.82) is 0 Å². The largest absolute Gasteiger partial charge is 0.478 e. The number of carboxylic acid groups (broad SMARTS) is 1. The number of benzene rings is 1. The van der Waals surface area contributed by atoms with Crippen molar-refractivity contribution in [2.45, 2.75) is 18.9 Å². The number of piperidine rings is 1. The summed E-state index contributed by atoms with van der Waals surface area (Å²) in [6.07, 6.45) is 2.17. The van der Waals surface area contributed by atoms with Gasteiger partial charge in [-0.05, 0) is 37.1 Å². The van der Waals surface area contributed by atoms with E-state index in [0.717, 1.165) is 31.6 Å². The summed E-state index contributed by atoms with van der Waals surface area (Å²) in [5.74, 6) is -0.887. The van der Waals surface area contributed by atoms with Crippen molar-refractivity contribution >= 4 is 11.7 Å². The van der Waals surface area contributed by atoms with Crippen molar-refractivity contribution in [3.63, 3.8) is 0 Å². The van der Waals surface area contributed by atoms with Gasteiger partial charge in [0.25, 0.3) is 0 Å². The third-order valence-corrected chi connectivity index (χ3v) is 2.94. The van der Waals surface area contributed by atoms with E-state index < -0.39 is 5.97 Å². The molecular formula is C12H16N2O2. The Morgan fingerprint density at radius 3 is 2.62 bits per heavy atom. The number of rotatable bonds is 2. The molecule has 0 bridgehead atoms. The van der Waals surface area contributed by atoms with Crippen LogP contribution < -0.4 is 10.6 Å². The molecule has 86 valence electrons. The van der Waals surface area contributed by atoms with Gasteiger partial charge in [-0.3, -0.25) is 0 Å². The van der Waals surface area contributed by atoms with Gasteiger partial charge in [0.15, 0.2) is 0 Å². The summed E-state index contributed by atoms with van der Waals surface area (Å²) < 4.78 is 0. The monoisotopic (exact) mass is 220 g/mol. The molecule has 1 heterocycles. The molecule has 1 aromatic rings. The molecule has 16 heavy (non-hydrogen) atoms. The normalized spacial score (nSPS) is 20.8. The Morgan fingerprint density at radius 2 is 2.06 bits per heavy atom. The number of aromatic carboxylic acids is 1. The molecule has 4 nitrogen and oxygen atoms in total. The molecule has 1 aliphatic rings. The van der Waals surface area contributed by atoms with Crippen LogP contribution in [0.2, 0.25) is 0 Å². The van der Waals surface area contributed by atoms with E-state index in [4.69, 9.17) is 10.8 Å². The van der Waals surface area contributed by atoms with Gasteiger partial charge >= 0.3 is 5.97 Å². The van der Waals surface area contributed by atoms with Crippen molar-refractivity contribution in [2.24, 2.45) is 5.73 Å². The van der Waals surface area contributed by atoms with Crippen LogP contribution in [0.4, 0.5) is 5.69 Å². The van der Waals surface area contributed by atoms with Crippen molar-refractivity contribution < 1.29 is 9.90 Å². The standard InChI is InChI=1S/C12H16N2O2/c13-10-2-1-7-14(8-10)11-5-3-9(4-6-11)12(15)16/h3-6,10H,1-2,7-8,13H2,(H,15,16)/t10-/m0/s1. The maximum Gasteiger partial charge on any atom is 0.335 e. The topological polar surface area (TPSA) is 66.6 Å². The van der Waals surface area contributed by atoms with Gasteiger partial charge in [0.2, 0.25) is 0 Å². The van der Waals surface area contributed by atoms with Gasteiger partial charge in [-0.15, -0.1) is 0 Å². The highest BCUT2D eigenvalue weighted by molar-refractivity contribution is 5.88. The van der Waals surface area contributed by atoms with Crippen LogP contribution >= 0.6 is 0 Å². The first-order valence-corrected chi connectivity index (χ1v) is 5.50. The van der Waals surface area contributed by atoms with Crippen molar-refractivity contribution in [3.05, 3.63) is 29.8 Å². The van der Waals surface area contributed by atoms with Crippen molar-refractivity contribution in [1.82, 2.24) is 0 Å². The second-order valence-electron chi connectivity index (χ2n) is 4.20. The minimum atomic E-state index is -0.887. The van der Waals surface area contributed by atoms with Gasteiger partial charge in [-0.2, -0.15) is 0 Å². The molecule has 0 aromatic heterocycles. The maximum absolute atomic E-state index is 10.7. The molecule has 4 heteroatoms. The predicted molar refractivity (Wildman–Crippen MR) is 62.8 cm³/mol. The average Bonchev–Trinajstić information content (AvgIpc) is 2.29. The molecule has 0 aliphatic carbocycles. The molecule has 0 spiro atoms. The highest BCUT2D eigenvalue weighted by Gasteiger charge is 2.16. The molecule has 1 saturated heterocycles. The summed E-state index contributed by atoms with van der Waals surface area (Å²) in [5, 5.41) is 8.79. The van der Waals surface area contributed by atoms with Crippen LogP contribution in [0.3, 0.4) is 0 Å². The van der Waals surface area contributed by atoms with E-state index in [1.165, 1.54) is 0 Å². The van der Waals surface area contributed by atoms with E-state index in [2.05, 4.69) is 4.90 Å². The highest BCUT2D eigenvalue weighted by Crippen LogP contribution is 2.19. The second-order valence-corrected chi connectivity index (χ2v) is 4.20. The Bertz CT molecular complexity index is 375. The smallest absolute Gasteiger partial charge is 0.335 e. The first-order valence-electron chi connectivity index (χ1n) is 5.50. The fourth-order valence-electron chi connectivity index (χ4n) is 2.06. The van der Waals surface area contributed by atoms with Crippen LogP contribution in [0, 0.1) is 0 Å². The maximum atomic E-state index is 10.7. The molecule has 0 saturated carbocycles. The third-order valence-electron chi connectivity index (χ3n) is 2.94. The molecule has 3 N–H and O–H groups in total. The lowest BCUT2D eigenvalue weighted by molar-refractivity contribution is 0.0697. The van der Waals surface area contributed by atoms with Gasteiger partial charge in [0.1, 0.15) is 0 Å². The SMILES string of the molecule is N[C@H]1CCCN(c2ccc(C(=O)O)cc2)C1. The van der Waals surface area contributed by atoms with E-state index in [0.29, 0.717) is 5.56 Å². The van der Waals surface area contributed by atoms with Gasteiger partial charge in [0.05, 0.1) is 5.56 Å². The van der Waals surface area contributed by atoms with Crippen LogP contribution in [0.15, 0.2) is 24.3 Å². The molecule has 0 amide bonds. The van der Waals surface area contributed by atoms with E-state index in [9.17, 15) is 4.79 Å². The van der Waals surface area contributed by atoms with Crippen molar-refractivity contribution in [3.8, 4) is 0 Å². The van der Waals surface area contributed by atoms with Crippen LogP contribution in [-0.2, 0) is 0 Å². The summed E-state index contributed by atoms with van der Waals surface area (Å²) in [6.45, 7) is 1.85. The lowest BCUT2D eigenvalue weighted by Crippen LogP contribution is -2.42. The lowest BCUT2D eigenvalue weighted by atomic mass is 10.1. The zero-order chi connectivity index (χ0) is 11.5. The number of hydrogen-bond donors (Lipinski definition) is 2. The molecule has 1 atom stereocenters. The Kier molecular flexibility index (Phi) is 3.10. The first-order chi connectivity index (χ1) is 7.66. The molecule has 0 unspecified atom stereocenters. The van der Waals surface area contributed by atoms with Gasteiger partial charge in [-0.25, -0.2) is 4.79 Å². The van der Waals surface area contributed by atoms with Gasteiger partial charge in [-0.1, -0.05) is 0 Å². The van der Waals surface area contributed by atoms with Gasteiger partial charge < -0.3 is 15.7 Å². The van der Waals surface area contributed by atoms with Gasteiger partial charge in [0, 0.05) is 24.8 Å². The highest BCUT2D eigenvalue weighted by atomic mass is 16.4. The van der Waals surface area contributed by atoms with Crippen LogP contribution in [0.1, 0.15) is 23.2 Å². The molecule has 1 aliphatic heterocycles. The van der Waals surface area contributed by atoms with Crippen LogP contribution in [0.5, 0.6) is 0 Å². The minimum Gasteiger partial charge on any atom is -0.478 e. The van der Waals surface area contributed by atoms with Crippen LogP contribution in [0.25, 0.3) is 0 Å². The molecular weight excluding hydrogens is 204 g/mol. The molecule has 0 radical (unpaired) electrons. The summed E-state index contributed by atoms with van der Waals surface area (Å²) in [6, 6.07) is 7.20. The predicted octanol–water partition coefficient (Wildman–Crippen LogP) is 1.31. The Labute approximate surface area is 94.7 Å². The van der Waals surface area contributed by atoms with Crippen molar-refractivity contribution in [2.75, 3.05) is 18.0 Å². The first kappa shape index (κ1) is 11.0. The second kappa shape index (κ2) is 4.53. The number of nitrogens with two attached hydrogens (primary N) is 1. The average molecular weight is 220 g/mol. The van der Waals surface area contributed by atoms with E-state index >= 15 is 0 Å². The fourth-order valence-corrected chi connectivity index (χ4v) is 2.06. The number of anilines is 1. The zero-order valence-electron chi connectivity index (χ0n) is 9.10.